The molecule has 1 rings (SSSR count). The predicted octanol–water partition coefficient (Wildman–Crippen LogP) is 1.99. The first-order valence-corrected chi connectivity index (χ1v) is 5.59. The van der Waals surface area contributed by atoms with E-state index in [4.69, 9.17) is 5.73 Å². The molecule has 0 heterocycles. The summed E-state index contributed by atoms with van der Waals surface area (Å²) in [6.45, 7) is 7.04. The standard InChI is InChI=1S/C13H19FN2O/c1-8-6-5-7-10(11(8)14)12(17)16-13(3,4)9(2)15/h5-7,9H,15H2,1-4H3,(H,16,17). The molecule has 0 aliphatic heterocycles. The molecule has 0 saturated heterocycles. The summed E-state index contributed by atoms with van der Waals surface area (Å²) in [6.07, 6.45) is 0. The third kappa shape index (κ3) is 3.03. The molecule has 17 heavy (non-hydrogen) atoms. The predicted molar refractivity (Wildman–Crippen MR) is 66.3 cm³/mol. The Morgan fingerprint density at radius 3 is 2.59 bits per heavy atom. The Morgan fingerprint density at radius 2 is 2.06 bits per heavy atom. The number of nitrogens with two attached hydrogens (primary N) is 1. The monoisotopic (exact) mass is 238 g/mol. The smallest absolute Gasteiger partial charge is 0.254 e. The van der Waals surface area contributed by atoms with Gasteiger partial charge in [0, 0.05) is 11.6 Å². The van der Waals surface area contributed by atoms with E-state index < -0.39 is 17.3 Å². The number of hydrogen-bond donors (Lipinski definition) is 2. The number of hydrogen-bond acceptors (Lipinski definition) is 2. The summed E-state index contributed by atoms with van der Waals surface area (Å²) in [7, 11) is 0. The molecule has 0 aliphatic carbocycles. The molecule has 0 spiro atoms. The summed E-state index contributed by atoms with van der Waals surface area (Å²) >= 11 is 0. The SMILES string of the molecule is Cc1cccc(C(=O)NC(C)(C)C(C)N)c1F. The highest BCUT2D eigenvalue weighted by Gasteiger charge is 2.26. The van der Waals surface area contributed by atoms with Gasteiger partial charge in [0.1, 0.15) is 5.82 Å². The molecule has 4 heteroatoms. The van der Waals surface area contributed by atoms with Crippen LogP contribution in [-0.2, 0) is 0 Å². The lowest BCUT2D eigenvalue weighted by atomic mass is 9.96. The fraction of sp³-hybridized carbons (Fsp3) is 0.462. The van der Waals surface area contributed by atoms with Crippen molar-refractivity contribution in [3.8, 4) is 0 Å². The van der Waals surface area contributed by atoms with Gasteiger partial charge in [-0.1, -0.05) is 12.1 Å². The molecule has 1 atom stereocenters. The zero-order chi connectivity index (χ0) is 13.2. The van der Waals surface area contributed by atoms with Crippen molar-refractivity contribution < 1.29 is 9.18 Å². The Bertz CT molecular complexity index is 427. The third-order valence-corrected chi connectivity index (χ3v) is 3.01. The number of benzene rings is 1. The maximum Gasteiger partial charge on any atom is 0.254 e. The summed E-state index contributed by atoms with van der Waals surface area (Å²) in [5.74, 6) is -0.918. The number of rotatable bonds is 3. The van der Waals surface area contributed by atoms with E-state index in [0.717, 1.165) is 0 Å². The first-order chi connectivity index (χ1) is 7.75. The van der Waals surface area contributed by atoms with Crippen LogP contribution in [-0.4, -0.2) is 17.5 Å². The first kappa shape index (κ1) is 13.6. The van der Waals surface area contributed by atoms with Gasteiger partial charge in [0.05, 0.1) is 5.56 Å². The van der Waals surface area contributed by atoms with Crippen LogP contribution in [0.3, 0.4) is 0 Å². The van der Waals surface area contributed by atoms with E-state index >= 15 is 0 Å². The molecule has 3 nitrogen and oxygen atoms in total. The second-order valence-electron chi connectivity index (χ2n) is 4.90. The van der Waals surface area contributed by atoms with E-state index in [-0.39, 0.29) is 11.6 Å². The van der Waals surface area contributed by atoms with Crippen molar-refractivity contribution >= 4 is 5.91 Å². The quantitative estimate of drug-likeness (QED) is 0.846. The van der Waals surface area contributed by atoms with Crippen LogP contribution in [0.25, 0.3) is 0 Å². The minimum Gasteiger partial charge on any atom is -0.346 e. The van der Waals surface area contributed by atoms with Gasteiger partial charge < -0.3 is 11.1 Å². The number of nitrogens with one attached hydrogen (secondary N) is 1. The van der Waals surface area contributed by atoms with E-state index in [1.807, 2.05) is 13.8 Å². The zero-order valence-electron chi connectivity index (χ0n) is 10.7. The van der Waals surface area contributed by atoms with Gasteiger partial charge in [0.2, 0.25) is 0 Å². The molecular weight excluding hydrogens is 219 g/mol. The van der Waals surface area contributed by atoms with Crippen LogP contribution in [0.4, 0.5) is 4.39 Å². The van der Waals surface area contributed by atoms with Gasteiger partial charge in [-0.15, -0.1) is 0 Å². The molecular formula is C13H19FN2O. The van der Waals surface area contributed by atoms with Crippen LogP contribution >= 0.6 is 0 Å². The van der Waals surface area contributed by atoms with Crippen LogP contribution in [0.5, 0.6) is 0 Å². The Balaban J connectivity index is 2.95. The van der Waals surface area contributed by atoms with Gasteiger partial charge >= 0.3 is 0 Å². The Kier molecular flexibility index (Phi) is 3.88. The molecule has 94 valence electrons. The largest absolute Gasteiger partial charge is 0.346 e. The molecule has 0 radical (unpaired) electrons. The highest BCUT2D eigenvalue weighted by atomic mass is 19.1. The van der Waals surface area contributed by atoms with Crippen LogP contribution in [0, 0.1) is 12.7 Å². The molecule has 0 saturated carbocycles. The van der Waals surface area contributed by atoms with Crippen molar-refractivity contribution in [1.29, 1.82) is 0 Å². The number of halogens is 1. The summed E-state index contributed by atoms with van der Waals surface area (Å²) in [6, 6.07) is 4.53. The lowest BCUT2D eigenvalue weighted by Gasteiger charge is -2.30. The summed E-state index contributed by atoms with van der Waals surface area (Å²) in [5, 5.41) is 2.74. The fourth-order valence-corrected chi connectivity index (χ4v) is 1.30. The van der Waals surface area contributed by atoms with Gasteiger partial charge in [-0.3, -0.25) is 4.79 Å². The molecule has 1 unspecified atom stereocenters. The maximum absolute atomic E-state index is 13.7. The van der Waals surface area contributed by atoms with Crippen LogP contribution in [0.15, 0.2) is 18.2 Å². The molecule has 0 aliphatic rings. The van der Waals surface area contributed by atoms with Gasteiger partial charge in [0.15, 0.2) is 0 Å². The van der Waals surface area contributed by atoms with E-state index in [1.54, 1.807) is 26.0 Å². The van der Waals surface area contributed by atoms with Crippen LogP contribution in [0.2, 0.25) is 0 Å². The average molecular weight is 238 g/mol. The van der Waals surface area contributed by atoms with E-state index in [2.05, 4.69) is 5.32 Å². The summed E-state index contributed by atoms with van der Waals surface area (Å²) in [5.41, 5.74) is 5.69. The minimum atomic E-state index is -0.576. The van der Waals surface area contributed by atoms with Gasteiger partial charge in [-0.05, 0) is 39.3 Å². The highest BCUT2D eigenvalue weighted by molar-refractivity contribution is 5.95. The molecule has 3 N–H and O–H groups in total. The van der Waals surface area contributed by atoms with E-state index in [0.29, 0.717) is 5.56 Å². The number of carbonyl (C=O) groups excluding carboxylic acids is 1. The van der Waals surface area contributed by atoms with Crippen LogP contribution < -0.4 is 11.1 Å². The minimum absolute atomic E-state index is 0.0544. The molecule has 1 amide bonds. The number of carbonyl (C=O) groups is 1. The maximum atomic E-state index is 13.7. The topological polar surface area (TPSA) is 55.1 Å². The van der Waals surface area contributed by atoms with Crippen molar-refractivity contribution in [2.24, 2.45) is 5.73 Å². The van der Waals surface area contributed by atoms with E-state index in [1.165, 1.54) is 6.07 Å². The first-order valence-electron chi connectivity index (χ1n) is 5.59. The highest BCUT2D eigenvalue weighted by Crippen LogP contribution is 2.14. The summed E-state index contributed by atoms with van der Waals surface area (Å²) in [4.78, 5) is 11.9. The number of aryl methyl sites for hydroxylation is 1. The Labute approximate surface area is 101 Å². The lowest BCUT2D eigenvalue weighted by Crippen LogP contribution is -2.54. The van der Waals surface area contributed by atoms with Crippen molar-refractivity contribution in [3.63, 3.8) is 0 Å². The average Bonchev–Trinajstić information content (AvgIpc) is 2.21. The molecule has 0 aromatic heterocycles. The van der Waals surface area contributed by atoms with Gasteiger partial charge in [-0.25, -0.2) is 4.39 Å². The van der Waals surface area contributed by atoms with Crippen LogP contribution in [0.1, 0.15) is 36.7 Å². The fourth-order valence-electron chi connectivity index (χ4n) is 1.30. The normalized spacial score (nSPS) is 13.3. The van der Waals surface area contributed by atoms with Gasteiger partial charge in [0.25, 0.3) is 5.91 Å². The zero-order valence-corrected chi connectivity index (χ0v) is 10.7. The Morgan fingerprint density at radius 1 is 1.47 bits per heavy atom. The molecule has 1 aromatic rings. The second-order valence-corrected chi connectivity index (χ2v) is 4.90. The van der Waals surface area contributed by atoms with Crippen molar-refractivity contribution in [1.82, 2.24) is 5.32 Å². The third-order valence-electron chi connectivity index (χ3n) is 3.01. The van der Waals surface area contributed by atoms with Crippen molar-refractivity contribution in [2.45, 2.75) is 39.3 Å². The molecule has 0 bridgehead atoms. The number of amides is 1. The molecule has 1 aromatic carbocycles. The van der Waals surface area contributed by atoms with Gasteiger partial charge in [-0.2, -0.15) is 0 Å². The second kappa shape index (κ2) is 4.84. The van der Waals surface area contributed by atoms with E-state index in [9.17, 15) is 9.18 Å². The van der Waals surface area contributed by atoms with Crippen molar-refractivity contribution in [2.75, 3.05) is 0 Å². The lowest BCUT2D eigenvalue weighted by molar-refractivity contribution is 0.0899. The van der Waals surface area contributed by atoms with Crippen molar-refractivity contribution in [3.05, 3.63) is 35.1 Å². The molecule has 0 fully saturated rings. The Hall–Kier alpha value is -1.42. The summed E-state index contributed by atoms with van der Waals surface area (Å²) < 4.78 is 13.7.